The molecule has 5 heteroatoms. The van der Waals surface area contributed by atoms with Crippen molar-refractivity contribution in [2.24, 2.45) is 0 Å². The lowest BCUT2D eigenvalue weighted by Crippen LogP contribution is -2.23. The molecule has 0 spiro atoms. The lowest BCUT2D eigenvalue weighted by molar-refractivity contribution is 0.497. The molecule has 0 amide bonds. The minimum absolute atomic E-state index is 0.252. The van der Waals surface area contributed by atoms with Crippen LogP contribution < -0.4 is 5.32 Å². The van der Waals surface area contributed by atoms with Crippen LogP contribution in [0.15, 0.2) is 33.8 Å². The van der Waals surface area contributed by atoms with Crippen LogP contribution in [0.1, 0.15) is 37.4 Å². The fourth-order valence-corrected chi connectivity index (χ4v) is 2.60. The van der Waals surface area contributed by atoms with Gasteiger partial charge >= 0.3 is 0 Å². The Morgan fingerprint density at radius 2 is 2.32 bits per heavy atom. The molecule has 0 aliphatic rings. The second kappa shape index (κ2) is 6.91. The number of halogens is 1. The molecule has 0 aliphatic heterocycles. The molecule has 0 radical (unpaired) electrons. The van der Waals surface area contributed by atoms with E-state index in [4.69, 9.17) is 4.42 Å². The number of nitrogens with one attached hydrogen (secondary N) is 1. The average Bonchev–Trinajstić information content (AvgIpc) is 3.03. The Bertz CT molecular complexity index is 506. The molecular weight excluding hydrogens is 306 g/mol. The van der Waals surface area contributed by atoms with Gasteiger partial charge in [-0.1, -0.05) is 6.92 Å². The molecule has 0 fully saturated rings. The molecule has 1 atom stereocenters. The number of hydrogen-bond acceptors (Lipinski definition) is 3. The number of aromatic nitrogens is 2. The summed E-state index contributed by atoms with van der Waals surface area (Å²) in [7, 11) is 0. The van der Waals surface area contributed by atoms with Crippen LogP contribution in [0.25, 0.3) is 0 Å². The van der Waals surface area contributed by atoms with Crippen molar-refractivity contribution in [2.75, 3.05) is 6.54 Å². The Morgan fingerprint density at radius 1 is 1.47 bits per heavy atom. The first kappa shape index (κ1) is 14.3. The molecule has 0 saturated carbocycles. The summed E-state index contributed by atoms with van der Waals surface area (Å²) in [5, 5.41) is 7.89. The van der Waals surface area contributed by atoms with Gasteiger partial charge < -0.3 is 9.73 Å². The second-order valence-electron chi connectivity index (χ2n) is 4.56. The van der Waals surface area contributed by atoms with Gasteiger partial charge in [-0.3, -0.25) is 4.68 Å². The highest BCUT2D eigenvalue weighted by Crippen LogP contribution is 2.27. The molecule has 1 unspecified atom stereocenters. The summed E-state index contributed by atoms with van der Waals surface area (Å²) in [6.45, 7) is 6.16. The Hall–Kier alpha value is -1.07. The maximum absolute atomic E-state index is 5.35. The predicted octanol–water partition coefficient (Wildman–Crippen LogP) is 3.54. The summed E-state index contributed by atoms with van der Waals surface area (Å²) in [4.78, 5) is 0. The van der Waals surface area contributed by atoms with Gasteiger partial charge in [0.15, 0.2) is 4.67 Å². The highest BCUT2D eigenvalue weighted by molar-refractivity contribution is 9.10. The van der Waals surface area contributed by atoms with Gasteiger partial charge in [-0.2, -0.15) is 5.10 Å². The Labute approximate surface area is 122 Å². The van der Waals surface area contributed by atoms with Crippen molar-refractivity contribution in [3.8, 4) is 0 Å². The van der Waals surface area contributed by atoms with E-state index in [-0.39, 0.29) is 6.04 Å². The molecular formula is C14H20BrN3O. The van der Waals surface area contributed by atoms with E-state index in [9.17, 15) is 0 Å². The average molecular weight is 326 g/mol. The molecule has 104 valence electrons. The first-order valence-corrected chi connectivity index (χ1v) is 7.51. The van der Waals surface area contributed by atoms with Gasteiger partial charge in [0, 0.05) is 24.3 Å². The van der Waals surface area contributed by atoms with Gasteiger partial charge in [0.1, 0.15) is 0 Å². The van der Waals surface area contributed by atoms with E-state index in [0.29, 0.717) is 0 Å². The number of hydrogen-bond donors (Lipinski definition) is 1. The summed E-state index contributed by atoms with van der Waals surface area (Å²) >= 11 is 3.46. The molecule has 19 heavy (non-hydrogen) atoms. The molecule has 0 aromatic carbocycles. The molecule has 2 aromatic heterocycles. The third kappa shape index (κ3) is 3.70. The third-order valence-corrected chi connectivity index (χ3v) is 3.76. The zero-order chi connectivity index (χ0) is 13.7. The van der Waals surface area contributed by atoms with E-state index < -0.39 is 0 Å². The Morgan fingerprint density at radius 3 is 2.89 bits per heavy atom. The van der Waals surface area contributed by atoms with Crippen molar-refractivity contribution >= 4 is 15.9 Å². The molecule has 0 bridgehead atoms. The van der Waals surface area contributed by atoms with Crippen LogP contribution in [0.2, 0.25) is 0 Å². The van der Waals surface area contributed by atoms with E-state index >= 15 is 0 Å². The highest BCUT2D eigenvalue weighted by atomic mass is 79.9. The van der Waals surface area contributed by atoms with E-state index in [1.807, 2.05) is 16.9 Å². The topological polar surface area (TPSA) is 43.0 Å². The zero-order valence-corrected chi connectivity index (χ0v) is 13.0. The SMILES string of the molecule is CCCNC(Cc1cnn(CC)c1)c1ccoc1Br. The molecule has 0 saturated heterocycles. The summed E-state index contributed by atoms with van der Waals surface area (Å²) in [6, 6.07) is 2.27. The molecule has 0 aliphatic carbocycles. The van der Waals surface area contributed by atoms with Gasteiger partial charge in [0.2, 0.25) is 0 Å². The van der Waals surface area contributed by atoms with Crippen molar-refractivity contribution in [3.05, 3.63) is 40.5 Å². The quantitative estimate of drug-likeness (QED) is 0.846. The van der Waals surface area contributed by atoms with Crippen LogP contribution in [0.5, 0.6) is 0 Å². The maximum Gasteiger partial charge on any atom is 0.173 e. The Balaban J connectivity index is 2.11. The van der Waals surface area contributed by atoms with E-state index in [2.05, 4.69) is 46.4 Å². The van der Waals surface area contributed by atoms with Crippen LogP contribution in [0.4, 0.5) is 0 Å². The van der Waals surface area contributed by atoms with Gasteiger partial charge in [0.05, 0.1) is 12.5 Å². The summed E-state index contributed by atoms with van der Waals surface area (Å²) in [6.07, 6.45) is 7.79. The summed E-state index contributed by atoms with van der Waals surface area (Å²) in [5.74, 6) is 0. The minimum atomic E-state index is 0.252. The Kier molecular flexibility index (Phi) is 5.22. The van der Waals surface area contributed by atoms with Gasteiger partial charge in [-0.05, 0) is 53.9 Å². The van der Waals surface area contributed by atoms with Crippen LogP contribution >= 0.6 is 15.9 Å². The van der Waals surface area contributed by atoms with Crippen LogP contribution in [0.3, 0.4) is 0 Å². The normalized spacial score (nSPS) is 12.8. The fraction of sp³-hybridized carbons (Fsp3) is 0.500. The van der Waals surface area contributed by atoms with Crippen molar-refractivity contribution in [1.82, 2.24) is 15.1 Å². The van der Waals surface area contributed by atoms with Gasteiger partial charge in [0.25, 0.3) is 0 Å². The molecule has 2 rings (SSSR count). The smallest absolute Gasteiger partial charge is 0.173 e. The van der Waals surface area contributed by atoms with Crippen molar-refractivity contribution in [1.29, 1.82) is 0 Å². The summed E-state index contributed by atoms with van der Waals surface area (Å²) < 4.78 is 8.11. The number of nitrogens with zero attached hydrogens (tertiary/aromatic N) is 2. The first-order chi connectivity index (χ1) is 9.24. The maximum atomic E-state index is 5.35. The highest BCUT2D eigenvalue weighted by Gasteiger charge is 2.17. The summed E-state index contributed by atoms with van der Waals surface area (Å²) in [5.41, 5.74) is 2.40. The molecule has 2 aromatic rings. The lowest BCUT2D eigenvalue weighted by Gasteiger charge is -2.16. The van der Waals surface area contributed by atoms with Crippen LogP contribution in [-0.2, 0) is 13.0 Å². The van der Waals surface area contributed by atoms with Crippen molar-refractivity contribution < 1.29 is 4.42 Å². The molecule has 4 nitrogen and oxygen atoms in total. The van der Waals surface area contributed by atoms with Crippen molar-refractivity contribution in [3.63, 3.8) is 0 Å². The van der Waals surface area contributed by atoms with Crippen molar-refractivity contribution in [2.45, 2.75) is 39.3 Å². The predicted molar refractivity (Wildman–Crippen MR) is 79.0 cm³/mol. The van der Waals surface area contributed by atoms with Crippen LogP contribution in [0, 0.1) is 0 Å². The number of furan rings is 1. The zero-order valence-electron chi connectivity index (χ0n) is 11.4. The van der Waals surface area contributed by atoms with E-state index in [1.165, 1.54) is 5.56 Å². The number of aryl methyl sites for hydroxylation is 1. The lowest BCUT2D eigenvalue weighted by atomic mass is 10.0. The van der Waals surface area contributed by atoms with E-state index in [1.54, 1.807) is 6.26 Å². The first-order valence-electron chi connectivity index (χ1n) is 6.72. The number of rotatable bonds is 7. The van der Waals surface area contributed by atoms with Gasteiger partial charge in [-0.25, -0.2) is 0 Å². The molecule has 2 heterocycles. The largest absolute Gasteiger partial charge is 0.457 e. The monoisotopic (exact) mass is 325 g/mol. The fourth-order valence-electron chi connectivity index (χ4n) is 2.08. The molecule has 1 N–H and O–H groups in total. The van der Waals surface area contributed by atoms with Gasteiger partial charge in [-0.15, -0.1) is 0 Å². The third-order valence-electron chi connectivity index (χ3n) is 3.11. The standard InChI is InChI=1S/C14H20BrN3O/c1-3-6-16-13(12-5-7-19-14(12)15)8-11-9-17-18(4-2)10-11/h5,7,9-10,13,16H,3-4,6,8H2,1-2H3. The van der Waals surface area contributed by atoms with E-state index in [0.717, 1.165) is 36.2 Å². The minimum Gasteiger partial charge on any atom is -0.457 e. The second-order valence-corrected chi connectivity index (χ2v) is 5.28. The van der Waals surface area contributed by atoms with Crippen LogP contribution in [-0.4, -0.2) is 16.3 Å².